The Bertz CT molecular complexity index is 737. The average molecular weight is 342 g/mol. The summed E-state index contributed by atoms with van der Waals surface area (Å²) in [6.45, 7) is 4.56. The molecule has 1 aromatic heterocycles. The molecule has 1 aliphatic rings. The van der Waals surface area contributed by atoms with Gasteiger partial charge < -0.3 is 5.32 Å². The standard InChI is InChI=1S/C19H23FN4O/c1-14-21-8-7-18(23-14)11-22-19(25)16-5-3-9-24(13-16)12-15-4-2-6-17(20)10-15/h2,4,6-8,10,16H,3,5,9,11-13H2,1H3,(H,22,25)/t16-/m0/s1. The summed E-state index contributed by atoms with van der Waals surface area (Å²) in [6, 6.07) is 8.46. The van der Waals surface area contributed by atoms with Crippen molar-refractivity contribution in [3.8, 4) is 0 Å². The van der Waals surface area contributed by atoms with E-state index in [1.807, 2.05) is 19.1 Å². The normalized spacial score (nSPS) is 18.1. The van der Waals surface area contributed by atoms with Crippen LogP contribution in [-0.4, -0.2) is 33.9 Å². The molecule has 1 saturated heterocycles. The molecule has 0 unspecified atom stereocenters. The van der Waals surface area contributed by atoms with Gasteiger partial charge in [0.1, 0.15) is 11.6 Å². The van der Waals surface area contributed by atoms with Crippen molar-refractivity contribution in [3.05, 3.63) is 59.4 Å². The van der Waals surface area contributed by atoms with E-state index >= 15 is 0 Å². The summed E-state index contributed by atoms with van der Waals surface area (Å²) in [6.07, 6.45) is 3.56. The molecule has 25 heavy (non-hydrogen) atoms. The van der Waals surface area contributed by atoms with Crippen LogP contribution >= 0.6 is 0 Å². The molecule has 1 aromatic carbocycles. The van der Waals surface area contributed by atoms with E-state index in [9.17, 15) is 9.18 Å². The lowest BCUT2D eigenvalue weighted by molar-refractivity contribution is -0.127. The van der Waals surface area contributed by atoms with Crippen molar-refractivity contribution in [2.45, 2.75) is 32.9 Å². The highest BCUT2D eigenvalue weighted by molar-refractivity contribution is 5.78. The summed E-state index contributed by atoms with van der Waals surface area (Å²) < 4.78 is 13.3. The number of carbonyl (C=O) groups excluding carboxylic acids is 1. The van der Waals surface area contributed by atoms with Crippen LogP contribution in [0.1, 0.15) is 29.9 Å². The van der Waals surface area contributed by atoms with E-state index < -0.39 is 0 Å². The maximum Gasteiger partial charge on any atom is 0.224 e. The first kappa shape index (κ1) is 17.5. The smallest absolute Gasteiger partial charge is 0.224 e. The first-order valence-electron chi connectivity index (χ1n) is 8.63. The van der Waals surface area contributed by atoms with Gasteiger partial charge in [-0.2, -0.15) is 0 Å². The highest BCUT2D eigenvalue weighted by Gasteiger charge is 2.25. The fourth-order valence-corrected chi connectivity index (χ4v) is 3.23. The molecule has 5 nitrogen and oxygen atoms in total. The van der Waals surface area contributed by atoms with Crippen LogP contribution < -0.4 is 5.32 Å². The second kappa shape index (κ2) is 8.16. The van der Waals surface area contributed by atoms with E-state index in [4.69, 9.17) is 0 Å². The van der Waals surface area contributed by atoms with Gasteiger partial charge in [-0.1, -0.05) is 12.1 Å². The van der Waals surface area contributed by atoms with Crippen molar-refractivity contribution < 1.29 is 9.18 Å². The number of benzene rings is 1. The van der Waals surface area contributed by atoms with Gasteiger partial charge in [0.05, 0.1) is 18.2 Å². The number of likely N-dealkylation sites (tertiary alicyclic amines) is 1. The third-order valence-electron chi connectivity index (χ3n) is 4.45. The van der Waals surface area contributed by atoms with Gasteiger partial charge in [-0.3, -0.25) is 9.69 Å². The van der Waals surface area contributed by atoms with Crippen LogP contribution in [0.15, 0.2) is 36.5 Å². The van der Waals surface area contributed by atoms with Crippen molar-refractivity contribution in [2.75, 3.05) is 13.1 Å². The lowest BCUT2D eigenvalue weighted by Crippen LogP contribution is -2.42. The van der Waals surface area contributed by atoms with Gasteiger partial charge in [0, 0.05) is 19.3 Å². The van der Waals surface area contributed by atoms with Gasteiger partial charge in [-0.25, -0.2) is 14.4 Å². The van der Waals surface area contributed by atoms with Gasteiger partial charge in [-0.15, -0.1) is 0 Å². The molecule has 0 saturated carbocycles. The SMILES string of the molecule is Cc1nccc(CNC(=O)[C@H]2CCCN(Cc3cccc(F)c3)C2)n1. The number of hydrogen-bond acceptors (Lipinski definition) is 4. The number of hydrogen-bond donors (Lipinski definition) is 1. The number of halogens is 1. The number of aromatic nitrogens is 2. The Morgan fingerprint density at radius 2 is 2.28 bits per heavy atom. The Morgan fingerprint density at radius 1 is 1.40 bits per heavy atom. The zero-order chi connectivity index (χ0) is 17.6. The van der Waals surface area contributed by atoms with Gasteiger partial charge in [0.15, 0.2) is 0 Å². The molecule has 1 aliphatic heterocycles. The molecular formula is C19H23FN4O. The van der Waals surface area contributed by atoms with Gasteiger partial charge >= 0.3 is 0 Å². The van der Waals surface area contributed by atoms with Crippen LogP contribution in [0.4, 0.5) is 4.39 Å². The third kappa shape index (κ3) is 5.06. The molecule has 1 amide bonds. The predicted octanol–water partition coefficient (Wildman–Crippen LogP) is 2.45. The first-order chi connectivity index (χ1) is 12.1. The van der Waals surface area contributed by atoms with E-state index in [0.717, 1.165) is 30.6 Å². The molecule has 2 heterocycles. The molecule has 0 spiro atoms. The van der Waals surface area contributed by atoms with Gasteiger partial charge in [0.2, 0.25) is 5.91 Å². The quantitative estimate of drug-likeness (QED) is 0.907. The number of rotatable bonds is 5. The minimum Gasteiger partial charge on any atom is -0.350 e. The maximum atomic E-state index is 13.3. The Labute approximate surface area is 147 Å². The van der Waals surface area contributed by atoms with Gasteiger partial charge in [-0.05, 0) is 50.1 Å². The summed E-state index contributed by atoms with van der Waals surface area (Å²) in [5, 5.41) is 2.97. The second-order valence-corrected chi connectivity index (χ2v) is 6.52. The van der Waals surface area contributed by atoms with Crippen LogP contribution in [0, 0.1) is 18.7 Å². The van der Waals surface area contributed by atoms with Gasteiger partial charge in [0.25, 0.3) is 0 Å². The van der Waals surface area contributed by atoms with Crippen molar-refractivity contribution in [1.29, 1.82) is 0 Å². The number of carbonyl (C=O) groups is 1. The molecule has 1 fully saturated rings. The van der Waals surface area contributed by atoms with E-state index in [2.05, 4.69) is 20.2 Å². The Balaban J connectivity index is 1.52. The molecule has 0 radical (unpaired) electrons. The molecule has 6 heteroatoms. The fourth-order valence-electron chi connectivity index (χ4n) is 3.23. The number of nitrogens with zero attached hydrogens (tertiary/aromatic N) is 3. The Hall–Kier alpha value is -2.34. The summed E-state index contributed by atoms with van der Waals surface area (Å²) in [4.78, 5) is 23.0. The fraction of sp³-hybridized carbons (Fsp3) is 0.421. The zero-order valence-electron chi connectivity index (χ0n) is 14.4. The topological polar surface area (TPSA) is 58.1 Å². The monoisotopic (exact) mass is 342 g/mol. The maximum absolute atomic E-state index is 13.3. The molecule has 3 rings (SSSR count). The van der Waals surface area contributed by atoms with Crippen molar-refractivity contribution >= 4 is 5.91 Å². The van der Waals surface area contributed by atoms with E-state index in [0.29, 0.717) is 25.5 Å². The van der Waals surface area contributed by atoms with Crippen molar-refractivity contribution in [3.63, 3.8) is 0 Å². The molecule has 132 valence electrons. The molecule has 0 bridgehead atoms. The number of aryl methyl sites for hydroxylation is 1. The van der Waals surface area contributed by atoms with Crippen molar-refractivity contribution in [2.24, 2.45) is 5.92 Å². The molecule has 1 N–H and O–H groups in total. The summed E-state index contributed by atoms with van der Waals surface area (Å²) in [7, 11) is 0. The van der Waals surface area contributed by atoms with Crippen LogP contribution in [0.3, 0.4) is 0 Å². The average Bonchev–Trinajstić information content (AvgIpc) is 2.60. The largest absolute Gasteiger partial charge is 0.350 e. The molecule has 0 aliphatic carbocycles. The predicted molar refractivity (Wildman–Crippen MR) is 93.0 cm³/mol. The van der Waals surface area contributed by atoms with Crippen LogP contribution in [0.2, 0.25) is 0 Å². The number of amides is 1. The lowest BCUT2D eigenvalue weighted by Gasteiger charge is -2.32. The summed E-state index contributed by atoms with van der Waals surface area (Å²) >= 11 is 0. The van der Waals surface area contributed by atoms with E-state index in [1.165, 1.54) is 6.07 Å². The van der Waals surface area contributed by atoms with Crippen molar-refractivity contribution in [1.82, 2.24) is 20.2 Å². The minimum atomic E-state index is -0.219. The molecular weight excluding hydrogens is 319 g/mol. The van der Waals surface area contributed by atoms with Crippen LogP contribution in [0.25, 0.3) is 0 Å². The highest BCUT2D eigenvalue weighted by Crippen LogP contribution is 2.19. The third-order valence-corrected chi connectivity index (χ3v) is 4.45. The first-order valence-corrected chi connectivity index (χ1v) is 8.63. The zero-order valence-corrected chi connectivity index (χ0v) is 14.4. The van der Waals surface area contributed by atoms with Crippen LogP contribution in [0.5, 0.6) is 0 Å². The van der Waals surface area contributed by atoms with Crippen LogP contribution in [-0.2, 0) is 17.9 Å². The van der Waals surface area contributed by atoms with E-state index in [-0.39, 0.29) is 17.6 Å². The second-order valence-electron chi connectivity index (χ2n) is 6.52. The highest BCUT2D eigenvalue weighted by atomic mass is 19.1. The Kier molecular flexibility index (Phi) is 5.71. The summed E-state index contributed by atoms with van der Waals surface area (Å²) in [5.41, 5.74) is 1.76. The molecule has 2 aromatic rings. The number of piperidine rings is 1. The minimum absolute atomic E-state index is 0.0368. The number of nitrogens with one attached hydrogen (secondary N) is 1. The Morgan fingerprint density at radius 3 is 3.08 bits per heavy atom. The molecule has 1 atom stereocenters. The van der Waals surface area contributed by atoms with E-state index in [1.54, 1.807) is 18.3 Å². The lowest BCUT2D eigenvalue weighted by atomic mass is 9.96. The summed E-state index contributed by atoms with van der Waals surface area (Å²) in [5.74, 6) is 0.500.